The van der Waals surface area contributed by atoms with E-state index in [9.17, 15) is 19.7 Å². The number of amides is 1. The second-order valence-electron chi connectivity index (χ2n) is 8.38. The van der Waals surface area contributed by atoms with Gasteiger partial charge < -0.3 is 14.2 Å². The Labute approximate surface area is 214 Å². The fourth-order valence-corrected chi connectivity index (χ4v) is 3.16. The molecule has 0 saturated carbocycles. The molecule has 0 bridgehead atoms. The van der Waals surface area contributed by atoms with Gasteiger partial charge in [0.05, 0.1) is 30.4 Å². The predicted molar refractivity (Wildman–Crippen MR) is 137 cm³/mol. The molecule has 10 heteroatoms. The summed E-state index contributed by atoms with van der Waals surface area (Å²) < 4.78 is 16.5. The van der Waals surface area contributed by atoms with Gasteiger partial charge in [-0.05, 0) is 60.0 Å². The van der Waals surface area contributed by atoms with Gasteiger partial charge in [0.2, 0.25) is 0 Å². The van der Waals surface area contributed by atoms with Gasteiger partial charge in [-0.3, -0.25) is 14.9 Å². The van der Waals surface area contributed by atoms with Crippen molar-refractivity contribution < 1.29 is 28.7 Å². The molecule has 3 aromatic rings. The van der Waals surface area contributed by atoms with E-state index in [0.717, 1.165) is 5.56 Å². The van der Waals surface area contributed by atoms with Crippen molar-refractivity contribution in [3.63, 3.8) is 0 Å². The van der Waals surface area contributed by atoms with E-state index in [4.69, 9.17) is 14.2 Å². The Balaban J connectivity index is 1.62. The Morgan fingerprint density at radius 2 is 1.81 bits per heavy atom. The third-order valence-corrected chi connectivity index (χ3v) is 5.04. The van der Waals surface area contributed by atoms with Gasteiger partial charge in [0.1, 0.15) is 18.1 Å². The third kappa shape index (κ3) is 7.89. The summed E-state index contributed by atoms with van der Waals surface area (Å²) in [4.78, 5) is 34.6. The van der Waals surface area contributed by atoms with E-state index < -0.39 is 10.8 Å². The Hall–Kier alpha value is -4.73. The molecule has 0 saturated heterocycles. The SMILES string of the molecule is COc1ccc(/C=N/NC(=O)c2cccc([N+](=O)[O-])c2)cc1COc1ccc(C(=O)OCC(C)C)cc1. The van der Waals surface area contributed by atoms with Gasteiger partial charge in [0.15, 0.2) is 0 Å². The van der Waals surface area contributed by atoms with Crippen LogP contribution in [0.4, 0.5) is 5.69 Å². The molecule has 1 N–H and O–H groups in total. The van der Waals surface area contributed by atoms with Crippen LogP contribution in [0.2, 0.25) is 0 Å². The molecule has 0 aliphatic heterocycles. The van der Waals surface area contributed by atoms with Crippen LogP contribution in [0.25, 0.3) is 0 Å². The smallest absolute Gasteiger partial charge is 0.338 e. The molecule has 0 aliphatic rings. The first-order valence-electron chi connectivity index (χ1n) is 11.4. The molecule has 0 unspecified atom stereocenters. The zero-order chi connectivity index (χ0) is 26.8. The monoisotopic (exact) mass is 505 g/mol. The Morgan fingerprint density at radius 3 is 2.49 bits per heavy atom. The van der Waals surface area contributed by atoms with Crippen LogP contribution in [0.1, 0.15) is 45.7 Å². The highest BCUT2D eigenvalue weighted by Gasteiger charge is 2.12. The minimum atomic E-state index is -0.575. The number of rotatable bonds is 11. The van der Waals surface area contributed by atoms with Crippen LogP contribution in [0.15, 0.2) is 71.8 Å². The number of benzene rings is 3. The average Bonchev–Trinajstić information content (AvgIpc) is 2.90. The molecule has 3 rings (SSSR count). The maximum absolute atomic E-state index is 12.3. The summed E-state index contributed by atoms with van der Waals surface area (Å²) in [5, 5.41) is 14.8. The Morgan fingerprint density at radius 1 is 1.05 bits per heavy atom. The quantitative estimate of drug-likeness (QED) is 0.172. The summed E-state index contributed by atoms with van der Waals surface area (Å²) in [6.07, 6.45) is 1.44. The van der Waals surface area contributed by atoms with Gasteiger partial charge >= 0.3 is 5.97 Å². The van der Waals surface area contributed by atoms with Gasteiger partial charge in [-0.2, -0.15) is 5.10 Å². The zero-order valence-corrected chi connectivity index (χ0v) is 20.7. The van der Waals surface area contributed by atoms with Gasteiger partial charge in [-0.15, -0.1) is 0 Å². The first-order valence-corrected chi connectivity index (χ1v) is 11.4. The molecular formula is C27H27N3O7. The lowest BCUT2D eigenvalue weighted by atomic mass is 10.1. The topological polar surface area (TPSA) is 129 Å². The van der Waals surface area contributed by atoms with E-state index in [2.05, 4.69) is 10.5 Å². The highest BCUT2D eigenvalue weighted by atomic mass is 16.6. The summed E-state index contributed by atoms with van der Waals surface area (Å²) in [6.45, 7) is 4.47. The number of nitro groups is 1. The molecule has 0 radical (unpaired) electrons. The lowest BCUT2D eigenvalue weighted by Gasteiger charge is -2.12. The van der Waals surface area contributed by atoms with Crippen molar-refractivity contribution in [2.24, 2.45) is 11.0 Å². The van der Waals surface area contributed by atoms with Crippen molar-refractivity contribution in [2.45, 2.75) is 20.5 Å². The molecule has 0 atom stereocenters. The minimum absolute atomic E-state index is 0.120. The summed E-state index contributed by atoms with van der Waals surface area (Å²) in [6, 6.07) is 17.3. The zero-order valence-electron chi connectivity index (χ0n) is 20.7. The largest absolute Gasteiger partial charge is 0.496 e. The number of hydrazone groups is 1. The first kappa shape index (κ1) is 26.9. The first-order chi connectivity index (χ1) is 17.8. The summed E-state index contributed by atoms with van der Waals surface area (Å²) >= 11 is 0. The molecule has 1 amide bonds. The number of non-ortho nitro benzene ring substituents is 1. The van der Waals surface area contributed by atoms with Crippen LogP contribution in [0.5, 0.6) is 11.5 Å². The number of nitrogens with one attached hydrogen (secondary N) is 1. The molecule has 0 fully saturated rings. The third-order valence-electron chi connectivity index (χ3n) is 5.04. The van der Waals surface area contributed by atoms with Crippen molar-refractivity contribution in [1.29, 1.82) is 0 Å². The molecular weight excluding hydrogens is 478 g/mol. The van der Waals surface area contributed by atoms with E-state index in [-0.39, 0.29) is 29.7 Å². The van der Waals surface area contributed by atoms with Gasteiger partial charge in [-0.1, -0.05) is 19.9 Å². The molecule has 0 aromatic heterocycles. The van der Waals surface area contributed by atoms with E-state index in [1.165, 1.54) is 30.5 Å². The molecule has 0 heterocycles. The fourth-order valence-electron chi connectivity index (χ4n) is 3.16. The minimum Gasteiger partial charge on any atom is -0.496 e. The number of methoxy groups -OCH3 is 1. The number of esters is 1. The molecule has 10 nitrogen and oxygen atoms in total. The standard InChI is InChI=1S/C27H27N3O7/c1-18(2)16-37-27(32)20-8-10-24(11-9-20)36-17-22-13-19(7-12-25(22)35-3)15-28-29-26(31)21-5-4-6-23(14-21)30(33)34/h4-15,18H,16-17H2,1-3H3,(H,29,31)/b28-15+. The van der Waals surface area contributed by atoms with E-state index in [1.807, 2.05) is 13.8 Å². The predicted octanol–water partition coefficient (Wildman–Crippen LogP) is 4.76. The Bertz CT molecular complexity index is 1290. The van der Waals surface area contributed by atoms with Crippen LogP contribution in [-0.4, -0.2) is 36.7 Å². The maximum atomic E-state index is 12.3. The normalized spacial score (nSPS) is 10.8. The number of carbonyl (C=O) groups is 2. The number of nitro benzene ring substituents is 1. The Kier molecular flexibility index (Phi) is 9.31. The molecule has 0 aliphatic carbocycles. The van der Waals surface area contributed by atoms with Crippen LogP contribution < -0.4 is 14.9 Å². The lowest BCUT2D eigenvalue weighted by Crippen LogP contribution is -2.17. The number of ether oxygens (including phenoxy) is 3. The fraction of sp³-hybridized carbons (Fsp3) is 0.222. The van der Waals surface area contributed by atoms with Crippen LogP contribution in [0, 0.1) is 16.0 Å². The lowest BCUT2D eigenvalue weighted by molar-refractivity contribution is -0.384. The van der Waals surface area contributed by atoms with E-state index >= 15 is 0 Å². The summed E-state index contributed by atoms with van der Waals surface area (Å²) in [5.74, 6) is 0.462. The number of carbonyl (C=O) groups excluding carboxylic acids is 2. The highest BCUT2D eigenvalue weighted by Crippen LogP contribution is 2.22. The maximum Gasteiger partial charge on any atom is 0.338 e. The number of nitrogens with zero attached hydrogens (tertiary/aromatic N) is 2. The van der Waals surface area contributed by atoms with Crippen molar-refractivity contribution in [2.75, 3.05) is 13.7 Å². The highest BCUT2D eigenvalue weighted by molar-refractivity contribution is 5.95. The molecule has 192 valence electrons. The van der Waals surface area contributed by atoms with Gasteiger partial charge in [0.25, 0.3) is 11.6 Å². The number of hydrogen-bond acceptors (Lipinski definition) is 8. The van der Waals surface area contributed by atoms with E-state index in [1.54, 1.807) is 49.6 Å². The van der Waals surface area contributed by atoms with Gasteiger partial charge in [-0.25, -0.2) is 10.2 Å². The molecule has 37 heavy (non-hydrogen) atoms. The van der Waals surface area contributed by atoms with Crippen LogP contribution >= 0.6 is 0 Å². The second-order valence-corrected chi connectivity index (χ2v) is 8.38. The van der Waals surface area contributed by atoms with Crippen molar-refractivity contribution in [1.82, 2.24) is 5.43 Å². The molecule has 0 spiro atoms. The second kappa shape index (κ2) is 12.8. The average molecular weight is 506 g/mol. The molecule has 3 aromatic carbocycles. The van der Waals surface area contributed by atoms with E-state index in [0.29, 0.717) is 29.2 Å². The van der Waals surface area contributed by atoms with Crippen LogP contribution in [0.3, 0.4) is 0 Å². The van der Waals surface area contributed by atoms with Gasteiger partial charge in [0, 0.05) is 23.3 Å². The van der Waals surface area contributed by atoms with Crippen molar-refractivity contribution in [3.05, 3.63) is 99.1 Å². The number of hydrogen-bond donors (Lipinski definition) is 1. The summed E-state index contributed by atoms with van der Waals surface area (Å²) in [7, 11) is 1.55. The van der Waals surface area contributed by atoms with Crippen molar-refractivity contribution >= 4 is 23.8 Å². The summed E-state index contributed by atoms with van der Waals surface area (Å²) in [5.41, 5.74) is 4.14. The van der Waals surface area contributed by atoms with Crippen molar-refractivity contribution in [3.8, 4) is 11.5 Å². The van der Waals surface area contributed by atoms with Crippen LogP contribution in [-0.2, 0) is 11.3 Å².